The van der Waals surface area contributed by atoms with Crippen LogP contribution in [-0.2, 0) is 0 Å². The van der Waals surface area contributed by atoms with Crippen molar-refractivity contribution in [3.8, 4) is 0 Å². The molecule has 0 bridgehead atoms. The zero-order chi connectivity index (χ0) is 25.2. The van der Waals surface area contributed by atoms with Crippen molar-refractivity contribution in [2.75, 3.05) is 40.4 Å². The second-order valence-electron chi connectivity index (χ2n) is 7.06. The molecule has 12 nitrogen and oxygen atoms in total. The van der Waals surface area contributed by atoms with Crippen molar-refractivity contribution < 1.29 is 51.1 Å². The fraction of sp³-hybridized carbons (Fsp3) is 0.875. The summed E-state index contributed by atoms with van der Waals surface area (Å²) in [7, 11) is 5.08. The van der Waals surface area contributed by atoms with Crippen molar-refractivity contribution in [2.24, 2.45) is 0 Å². The molecule has 0 spiro atoms. The minimum absolute atomic E-state index is 0.193. The van der Waals surface area contributed by atoms with Crippen LogP contribution in [-0.4, -0.2) is 159 Å². The highest BCUT2D eigenvalue weighted by Gasteiger charge is 2.32. The molecule has 32 heavy (non-hydrogen) atoms. The molecule has 0 saturated carbocycles. The molecule has 0 aromatic rings. The molecule has 0 saturated heterocycles. The Morgan fingerprint density at radius 3 is 1.09 bits per heavy atom. The van der Waals surface area contributed by atoms with Gasteiger partial charge in [-0.05, 0) is 21.6 Å². The second kappa shape index (κ2) is 15.9. The molecule has 0 heterocycles. The third kappa shape index (κ3) is 10.6. The van der Waals surface area contributed by atoms with E-state index >= 15 is 0 Å². The number of thiocarbonyl (C=S) groups is 2. The Morgan fingerprint density at radius 1 is 0.594 bits per heavy atom. The van der Waals surface area contributed by atoms with Gasteiger partial charge in [-0.15, -0.1) is 0 Å². The first-order valence-corrected chi connectivity index (χ1v) is 12.3. The molecule has 10 N–H and O–H groups in total. The Balaban J connectivity index is 4.58. The molecular formula is C16H32N2O10S4. The van der Waals surface area contributed by atoms with Gasteiger partial charge in [0.15, 0.2) is 0 Å². The average molecular weight is 541 g/mol. The van der Waals surface area contributed by atoms with Crippen LogP contribution < -0.4 is 0 Å². The summed E-state index contributed by atoms with van der Waals surface area (Å²) in [5, 5.41) is 95.3. The van der Waals surface area contributed by atoms with Gasteiger partial charge < -0.3 is 60.9 Å². The first kappa shape index (κ1) is 32.1. The van der Waals surface area contributed by atoms with Gasteiger partial charge in [0, 0.05) is 27.2 Å². The zero-order valence-corrected chi connectivity index (χ0v) is 20.7. The number of aliphatic hydroxyl groups is 10. The Labute approximate surface area is 204 Å². The highest BCUT2D eigenvalue weighted by Crippen LogP contribution is 2.28. The van der Waals surface area contributed by atoms with E-state index in [4.69, 9.17) is 34.6 Å². The maximum absolute atomic E-state index is 10.0. The Morgan fingerprint density at radius 2 is 0.844 bits per heavy atom. The van der Waals surface area contributed by atoms with E-state index < -0.39 is 62.0 Å². The van der Waals surface area contributed by atoms with E-state index in [2.05, 4.69) is 0 Å². The van der Waals surface area contributed by atoms with Gasteiger partial charge in [-0.2, -0.15) is 0 Å². The van der Waals surface area contributed by atoms with Gasteiger partial charge in [-0.1, -0.05) is 24.4 Å². The molecule has 0 fully saturated rings. The number of hydrogen-bond donors (Lipinski definition) is 10. The van der Waals surface area contributed by atoms with Gasteiger partial charge in [0.05, 0.1) is 25.4 Å². The minimum atomic E-state index is -1.75. The molecule has 0 amide bonds. The summed E-state index contributed by atoms with van der Waals surface area (Å²) in [6.45, 7) is -1.96. The smallest absolute Gasteiger partial charge is 0.147 e. The van der Waals surface area contributed by atoms with Gasteiger partial charge in [0.2, 0.25) is 0 Å². The number of nitrogens with zero attached hydrogens (tertiary/aromatic N) is 2. The summed E-state index contributed by atoms with van der Waals surface area (Å²) in [6, 6.07) is 0. The standard InChI is InChI=1S/C16H32N2O10S4/c1-17(3-7(21)11(25)13(27)9(23)5-19)15(29)31-32-16(30)18(2)4-8(22)12(26)14(28)10(24)6-20/h7-14,19-28H,3-6H2,1-2H3/t7-,8-,9-,10-,11-,12-,13+,14+/m1/s1. The molecule has 0 aliphatic carbocycles. The van der Waals surface area contributed by atoms with E-state index in [9.17, 15) is 40.9 Å². The fourth-order valence-corrected chi connectivity index (χ4v) is 4.75. The van der Waals surface area contributed by atoms with Crippen LogP contribution >= 0.6 is 46.0 Å². The molecule has 190 valence electrons. The van der Waals surface area contributed by atoms with Crippen molar-refractivity contribution in [2.45, 2.75) is 48.8 Å². The van der Waals surface area contributed by atoms with Gasteiger partial charge in [-0.25, -0.2) is 0 Å². The number of aliphatic hydroxyl groups excluding tert-OH is 10. The van der Waals surface area contributed by atoms with Crippen molar-refractivity contribution in [1.29, 1.82) is 0 Å². The molecule has 0 radical (unpaired) electrons. The molecule has 0 rings (SSSR count). The number of likely N-dealkylation sites (N-methyl/N-ethyl adjacent to an activating group) is 2. The van der Waals surface area contributed by atoms with E-state index in [-0.39, 0.29) is 21.7 Å². The second-order valence-corrected chi connectivity index (χ2v) is 10.5. The summed E-state index contributed by atoms with van der Waals surface area (Å²) in [5.41, 5.74) is 0. The Bertz CT molecular complexity index is 533. The lowest BCUT2D eigenvalue weighted by molar-refractivity contribution is -0.116. The van der Waals surface area contributed by atoms with E-state index in [1.807, 2.05) is 0 Å². The molecule has 0 aromatic carbocycles. The third-order valence-corrected chi connectivity index (χ3v) is 8.33. The van der Waals surface area contributed by atoms with E-state index in [0.717, 1.165) is 21.6 Å². The van der Waals surface area contributed by atoms with E-state index in [0.29, 0.717) is 0 Å². The topological polar surface area (TPSA) is 209 Å². The summed E-state index contributed by atoms with van der Waals surface area (Å²) in [4.78, 5) is 2.79. The highest BCUT2D eigenvalue weighted by molar-refractivity contribution is 8.89. The maximum Gasteiger partial charge on any atom is 0.147 e. The molecule has 16 heteroatoms. The molecule has 0 aliphatic rings. The quantitative estimate of drug-likeness (QED) is 0.0838. The lowest BCUT2D eigenvalue weighted by Gasteiger charge is -2.30. The van der Waals surface area contributed by atoms with Crippen LogP contribution in [0.15, 0.2) is 0 Å². The lowest BCUT2D eigenvalue weighted by Crippen LogP contribution is -2.49. The van der Waals surface area contributed by atoms with Crippen LogP contribution in [0.4, 0.5) is 0 Å². The van der Waals surface area contributed by atoms with E-state index in [1.165, 1.54) is 23.9 Å². The molecule has 8 atom stereocenters. The van der Waals surface area contributed by atoms with Gasteiger partial charge in [-0.3, -0.25) is 0 Å². The molecule has 0 unspecified atom stereocenters. The third-order valence-electron chi connectivity index (χ3n) is 4.38. The van der Waals surface area contributed by atoms with Gasteiger partial charge in [0.1, 0.15) is 45.3 Å². The summed E-state index contributed by atoms with van der Waals surface area (Å²) in [5.74, 6) is 0. The Hall–Kier alpha value is 0.0800. The molecule has 0 aliphatic heterocycles. The van der Waals surface area contributed by atoms with E-state index in [1.54, 1.807) is 0 Å². The van der Waals surface area contributed by atoms with Gasteiger partial charge in [0.25, 0.3) is 0 Å². The monoisotopic (exact) mass is 540 g/mol. The van der Waals surface area contributed by atoms with Crippen LogP contribution in [0.5, 0.6) is 0 Å². The average Bonchev–Trinajstić information content (AvgIpc) is 2.78. The minimum Gasteiger partial charge on any atom is -0.394 e. The lowest BCUT2D eigenvalue weighted by atomic mass is 10.0. The molecule has 0 aromatic heterocycles. The Kier molecular flexibility index (Phi) is 15.9. The van der Waals surface area contributed by atoms with Crippen molar-refractivity contribution >= 4 is 54.7 Å². The van der Waals surface area contributed by atoms with Crippen molar-refractivity contribution in [3.63, 3.8) is 0 Å². The highest BCUT2D eigenvalue weighted by atomic mass is 33.1. The van der Waals surface area contributed by atoms with Crippen LogP contribution in [0.25, 0.3) is 0 Å². The zero-order valence-electron chi connectivity index (χ0n) is 17.4. The predicted octanol–water partition coefficient (Wildman–Crippen LogP) is -4.33. The SMILES string of the molecule is CN(C[C@@H](O)[C@@H](O)[C@@H](O)[C@H](O)CO)C(=S)SSC(=S)N(C)C[C@@H](O)[C@@H](O)[C@@H](O)[C@H](O)CO. The van der Waals surface area contributed by atoms with Gasteiger partial charge >= 0.3 is 0 Å². The normalized spacial score (nSPS) is 19.2. The fourth-order valence-electron chi connectivity index (χ4n) is 2.25. The van der Waals surface area contributed by atoms with Crippen molar-refractivity contribution in [3.05, 3.63) is 0 Å². The predicted molar refractivity (Wildman–Crippen MR) is 128 cm³/mol. The maximum atomic E-state index is 10.0. The molecular weight excluding hydrogens is 508 g/mol. The summed E-state index contributed by atoms with van der Waals surface area (Å²) >= 11 is 10.4. The van der Waals surface area contributed by atoms with Crippen LogP contribution in [0.2, 0.25) is 0 Å². The summed E-state index contributed by atoms with van der Waals surface area (Å²) < 4.78 is 0.493. The van der Waals surface area contributed by atoms with Crippen LogP contribution in [0, 0.1) is 0 Å². The largest absolute Gasteiger partial charge is 0.394 e. The first-order valence-electron chi connectivity index (χ1n) is 9.29. The van der Waals surface area contributed by atoms with Crippen LogP contribution in [0.3, 0.4) is 0 Å². The summed E-state index contributed by atoms with van der Waals surface area (Å²) in [6.07, 6.45) is -13.1. The number of rotatable bonds is 12. The van der Waals surface area contributed by atoms with Crippen molar-refractivity contribution in [1.82, 2.24) is 9.80 Å². The number of hydrogen-bond acceptors (Lipinski definition) is 14. The van der Waals surface area contributed by atoms with Crippen LogP contribution in [0.1, 0.15) is 0 Å². The first-order chi connectivity index (χ1) is 14.8.